The molecule has 0 N–H and O–H groups in total. The Balaban J connectivity index is 1.87. The van der Waals surface area contributed by atoms with Crippen LogP contribution in [0.3, 0.4) is 0 Å². The van der Waals surface area contributed by atoms with Gasteiger partial charge in [0.1, 0.15) is 17.9 Å². The lowest BCUT2D eigenvalue weighted by Crippen LogP contribution is -2.14. The lowest BCUT2D eigenvalue weighted by molar-refractivity contribution is -0.386. The summed E-state index contributed by atoms with van der Waals surface area (Å²) >= 11 is 1.68. The summed E-state index contributed by atoms with van der Waals surface area (Å²) in [6.07, 6.45) is 0. The van der Waals surface area contributed by atoms with E-state index in [-0.39, 0.29) is 18.0 Å². The zero-order valence-corrected chi connectivity index (χ0v) is 16.0. The van der Waals surface area contributed by atoms with Crippen LogP contribution in [0.1, 0.15) is 38.0 Å². The summed E-state index contributed by atoms with van der Waals surface area (Å²) in [6, 6.07) is 5.96. The van der Waals surface area contributed by atoms with Crippen LogP contribution in [-0.4, -0.2) is 25.1 Å². The van der Waals surface area contributed by atoms with Crippen LogP contribution in [0.5, 0.6) is 0 Å². The van der Waals surface area contributed by atoms with E-state index in [1.807, 2.05) is 31.4 Å². The monoisotopic (exact) mass is 372 g/mol. The Morgan fingerprint density at radius 1 is 1.27 bits per heavy atom. The third kappa shape index (κ3) is 3.20. The van der Waals surface area contributed by atoms with E-state index in [4.69, 9.17) is 0 Å². The van der Waals surface area contributed by atoms with Gasteiger partial charge in [0, 0.05) is 21.8 Å². The van der Waals surface area contributed by atoms with Gasteiger partial charge in [0.15, 0.2) is 5.78 Å². The first-order chi connectivity index (χ1) is 12.3. The summed E-state index contributed by atoms with van der Waals surface area (Å²) in [7, 11) is 0. The van der Waals surface area contributed by atoms with Crippen molar-refractivity contribution in [2.75, 3.05) is 0 Å². The minimum Gasteiger partial charge on any atom is -0.343 e. The van der Waals surface area contributed by atoms with Crippen molar-refractivity contribution in [1.82, 2.24) is 14.3 Å². The maximum absolute atomic E-state index is 12.8. The second-order valence-corrected chi connectivity index (χ2v) is 7.34. The van der Waals surface area contributed by atoms with Crippen molar-refractivity contribution in [2.45, 2.75) is 40.8 Å². The summed E-state index contributed by atoms with van der Waals surface area (Å²) in [5.41, 5.74) is 3.24. The number of ketones is 1. The van der Waals surface area contributed by atoms with Gasteiger partial charge in [-0.15, -0.1) is 11.3 Å². The summed E-state index contributed by atoms with van der Waals surface area (Å²) in [4.78, 5) is 24.7. The molecule has 3 rings (SSSR count). The normalized spacial score (nSPS) is 11.1. The quantitative estimate of drug-likeness (QED) is 0.374. The number of thiophene rings is 1. The van der Waals surface area contributed by atoms with Gasteiger partial charge < -0.3 is 4.57 Å². The van der Waals surface area contributed by atoms with Crippen LogP contribution in [0.25, 0.3) is 0 Å². The standard InChI is InChI=1S/C18H20N4O3S/c1-11-8-16(13(3)20(11)9-15-6-5-7-26-15)17(23)10-21-14(4)18(22(24)25)12(2)19-21/h5-8H,9-10H2,1-4H3. The molecule has 3 aromatic heterocycles. The van der Waals surface area contributed by atoms with Gasteiger partial charge in [-0.3, -0.25) is 19.6 Å². The smallest absolute Gasteiger partial charge is 0.312 e. The Morgan fingerprint density at radius 3 is 2.58 bits per heavy atom. The van der Waals surface area contributed by atoms with Crippen molar-refractivity contribution in [1.29, 1.82) is 0 Å². The molecule has 0 saturated carbocycles. The maximum atomic E-state index is 12.8. The van der Waals surface area contributed by atoms with E-state index in [1.54, 1.807) is 25.2 Å². The molecular weight excluding hydrogens is 352 g/mol. The number of hydrogen-bond donors (Lipinski definition) is 0. The fourth-order valence-corrected chi connectivity index (χ4v) is 3.90. The van der Waals surface area contributed by atoms with Gasteiger partial charge in [0.05, 0.1) is 11.5 Å². The van der Waals surface area contributed by atoms with Crippen LogP contribution >= 0.6 is 11.3 Å². The first-order valence-electron chi connectivity index (χ1n) is 8.20. The number of carbonyl (C=O) groups excluding carboxylic acids is 1. The Labute approximate surface area is 155 Å². The number of nitro groups is 1. The first kappa shape index (κ1) is 18.1. The van der Waals surface area contributed by atoms with Gasteiger partial charge in [0.2, 0.25) is 0 Å². The summed E-state index contributed by atoms with van der Waals surface area (Å²) in [6.45, 7) is 7.82. The van der Waals surface area contributed by atoms with Gasteiger partial charge >= 0.3 is 5.69 Å². The fraction of sp³-hybridized carbons (Fsp3) is 0.333. The summed E-state index contributed by atoms with van der Waals surface area (Å²) in [5, 5.41) is 17.3. The molecule has 0 spiro atoms. The highest BCUT2D eigenvalue weighted by molar-refractivity contribution is 7.09. The highest BCUT2D eigenvalue weighted by Crippen LogP contribution is 2.24. The molecule has 0 atom stereocenters. The molecule has 0 amide bonds. The molecule has 26 heavy (non-hydrogen) atoms. The van der Waals surface area contributed by atoms with Crippen molar-refractivity contribution < 1.29 is 9.72 Å². The van der Waals surface area contributed by atoms with E-state index in [0.717, 1.165) is 17.9 Å². The van der Waals surface area contributed by atoms with Gasteiger partial charge in [0.25, 0.3) is 0 Å². The minimum absolute atomic E-state index is 0.0101. The minimum atomic E-state index is -0.453. The van der Waals surface area contributed by atoms with E-state index in [1.165, 1.54) is 9.56 Å². The molecule has 0 aromatic carbocycles. The molecule has 0 unspecified atom stereocenters. The van der Waals surface area contributed by atoms with Crippen LogP contribution in [-0.2, 0) is 13.1 Å². The number of hydrogen-bond acceptors (Lipinski definition) is 5. The number of carbonyl (C=O) groups is 1. The second-order valence-electron chi connectivity index (χ2n) is 6.31. The summed E-state index contributed by atoms with van der Waals surface area (Å²) in [5.74, 6) is -0.101. The molecule has 136 valence electrons. The first-order valence-corrected chi connectivity index (χ1v) is 9.08. The van der Waals surface area contributed by atoms with Crippen molar-refractivity contribution in [3.8, 4) is 0 Å². The van der Waals surface area contributed by atoms with Crippen LogP contribution < -0.4 is 0 Å². The van der Waals surface area contributed by atoms with E-state index in [9.17, 15) is 14.9 Å². The number of Topliss-reactive ketones (excluding diaryl/α,β-unsaturated/α-hetero) is 1. The van der Waals surface area contributed by atoms with E-state index >= 15 is 0 Å². The van der Waals surface area contributed by atoms with Crippen molar-refractivity contribution >= 4 is 22.8 Å². The van der Waals surface area contributed by atoms with Crippen molar-refractivity contribution in [3.63, 3.8) is 0 Å². The average Bonchev–Trinajstić information content (AvgIpc) is 3.24. The molecule has 7 nitrogen and oxygen atoms in total. The van der Waals surface area contributed by atoms with Crippen LogP contribution in [0, 0.1) is 37.8 Å². The highest BCUT2D eigenvalue weighted by atomic mass is 32.1. The molecule has 0 saturated heterocycles. The Bertz CT molecular complexity index is 983. The Kier molecular flexibility index (Phi) is 4.78. The predicted octanol–water partition coefficient (Wildman–Crippen LogP) is 3.82. The average molecular weight is 372 g/mol. The topological polar surface area (TPSA) is 83.0 Å². The van der Waals surface area contributed by atoms with Crippen LogP contribution in [0.15, 0.2) is 23.6 Å². The Hall–Kier alpha value is -2.74. The molecule has 0 bridgehead atoms. The van der Waals surface area contributed by atoms with Crippen LogP contribution in [0.2, 0.25) is 0 Å². The second kappa shape index (κ2) is 6.87. The molecular formula is C18H20N4O3S. The van der Waals surface area contributed by atoms with Crippen molar-refractivity contribution in [2.24, 2.45) is 0 Å². The highest BCUT2D eigenvalue weighted by Gasteiger charge is 2.24. The van der Waals surface area contributed by atoms with Gasteiger partial charge in [-0.2, -0.15) is 5.10 Å². The lowest BCUT2D eigenvalue weighted by Gasteiger charge is -2.08. The molecule has 8 heteroatoms. The van der Waals surface area contributed by atoms with Gasteiger partial charge in [-0.25, -0.2) is 0 Å². The predicted molar refractivity (Wildman–Crippen MR) is 100 cm³/mol. The largest absolute Gasteiger partial charge is 0.343 e. The zero-order chi connectivity index (χ0) is 19.0. The molecule has 0 aliphatic heterocycles. The van der Waals surface area contributed by atoms with Crippen molar-refractivity contribution in [3.05, 3.63) is 66.9 Å². The lowest BCUT2D eigenvalue weighted by atomic mass is 10.1. The third-order valence-electron chi connectivity index (χ3n) is 4.59. The summed E-state index contributed by atoms with van der Waals surface area (Å²) < 4.78 is 3.53. The van der Waals surface area contributed by atoms with E-state index < -0.39 is 4.92 Å². The van der Waals surface area contributed by atoms with Crippen LogP contribution in [0.4, 0.5) is 5.69 Å². The number of nitrogens with zero attached hydrogens (tertiary/aromatic N) is 4. The number of aryl methyl sites for hydroxylation is 2. The van der Waals surface area contributed by atoms with E-state index in [2.05, 4.69) is 15.7 Å². The molecule has 0 radical (unpaired) electrons. The number of rotatable bonds is 6. The Morgan fingerprint density at radius 2 is 2.00 bits per heavy atom. The van der Waals surface area contributed by atoms with E-state index in [0.29, 0.717) is 17.0 Å². The molecule has 0 aliphatic carbocycles. The molecule has 3 aromatic rings. The van der Waals surface area contributed by atoms with Gasteiger partial charge in [-0.05, 0) is 45.2 Å². The number of aromatic nitrogens is 3. The van der Waals surface area contributed by atoms with Gasteiger partial charge in [-0.1, -0.05) is 6.07 Å². The molecule has 0 fully saturated rings. The SMILES string of the molecule is Cc1nn(CC(=O)c2cc(C)n(Cc3cccs3)c2C)c(C)c1[N+](=O)[O-]. The maximum Gasteiger partial charge on any atom is 0.312 e. The molecule has 3 heterocycles. The zero-order valence-electron chi connectivity index (χ0n) is 15.1. The fourth-order valence-electron chi connectivity index (χ4n) is 3.21. The third-order valence-corrected chi connectivity index (χ3v) is 5.45. The molecule has 0 aliphatic rings.